The number of rotatable bonds is 3. The molecule has 2 amide bonds. The Morgan fingerprint density at radius 3 is 2.24 bits per heavy atom. The number of nitrogens with zero attached hydrogens (tertiary/aromatic N) is 2. The molecule has 6 rings (SSSR count). The van der Waals surface area contributed by atoms with Crippen molar-refractivity contribution in [2.45, 2.75) is 18.3 Å². The Bertz CT molecular complexity index is 1030. The standard InChI is InChI=1S/C22H18N2O5/c1-27-13-9-7-12(8-10-13)24-21(25)14-15(22(24)26)19-20-16(18(14)28-19)17(23-29-20)11-5-3-2-4-6-11/h2-10,14-16,18-20H,1H3/t14-,15+,16-,18-,19+,20-/m1/s1. The summed E-state index contributed by atoms with van der Waals surface area (Å²) in [4.78, 5) is 33.5. The molecule has 2 aromatic carbocycles. The highest BCUT2D eigenvalue weighted by atomic mass is 16.7. The highest BCUT2D eigenvalue weighted by molar-refractivity contribution is 6.23. The van der Waals surface area contributed by atoms with Gasteiger partial charge in [0.25, 0.3) is 0 Å². The van der Waals surface area contributed by atoms with Crippen LogP contribution in [0.15, 0.2) is 59.8 Å². The fourth-order valence-electron chi connectivity index (χ4n) is 5.19. The molecule has 0 N–H and O–H groups in total. The van der Waals surface area contributed by atoms with Crippen LogP contribution in [0.4, 0.5) is 5.69 Å². The van der Waals surface area contributed by atoms with Crippen LogP contribution in [0.3, 0.4) is 0 Å². The lowest BCUT2D eigenvalue weighted by molar-refractivity contribution is -0.125. The van der Waals surface area contributed by atoms with Gasteiger partial charge in [-0.3, -0.25) is 9.59 Å². The Balaban J connectivity index is 1.34. The summed E-state index contributed by atoms with van der Waals surface area (Å²) in [7, 11) is 1.57. The van der Waals surface area contributed by atoms with Crippen LogP contribution in [-0.4, -0.2) is 42.9 Å². The van der Waals surface area contributed by atoms with Gasteiger partial charge in [0.05, 0.1) is 42.4 Å². The van der Waals surface area contributed by atoms with E-state index < -0.39 is 24.0 Å². The lowest BCUT2D eigenvalue weighted by Crippen LogP contribution is -2.45. The number of ether oxygens (including phenoxy) is 2. The Morgan fingerprint density at radius 2 is 1.55 bits per heavy atom. The van der Waals surface area contributed by atoms with Crippen molar-refractivity contribution in [1.82, 2.24) is 0 Å². The van der Waals surface area contributed by atoms with E-state index in [0.29, 0.717) is 11.4 Å². The van der Waals surface area contributed by atoms with Gasteiger partial charge in [-0.05, 0) is 29.8 Å². The van der Waals surface area contributed by atoms with Crippen LogP contribution in [0.5, 0.6) is 5.75 Å². The second-order valence-corrected chi connectivity index (χ2v) is 7.77. The monoisotopic (exact) mass is 390 g/mol. The number of carbonyl (C=O) groups excluding carboxylic acids is 2. The average Bonchev–Trinajstić information content (AvgIpc) is 3.49. The largest absolute Gasteiger partial charge is 0.497 e. The van der Waals surface area contributed by atoms with Gasteiger partial charge in [-0.25, -0.2) is 4.90 Å². The zero-order chi connectivity index (χ0) is 19.7. The molecule has 146 valence electrons. The molecule has 0 aromatic heterocycles. The summed E-state index contributed by atoms with van der Waals surface area (Å²) in [5.74, 6) is -0.949. The zero-order valence-electron chi connectivity index (χ0n) is 15.6. The minimum absolute atomic E-state index is 0.142. The first-order valence-corrected chi connectivity index (χ1v) is 9.65. The van der Waals surface area contributed by atoms with Gasteiger partial charge in [0, 0.05) is 0 Å². The third-order valence-electron chi connectivity index (χ3n) is 6.44. The number of fused-ring (bicyclic) bond motifs is 8. The first kappa shape index (κ1) is 16.7. The number of hydrogen-bond acceptors (Lipinski definition) is 6. The maximum Gasteiger partial charge on any atom is 0.240 e. The van der Waals surface area contributed by atoms with Gasteiger partial charge >= 0.3 is 0 Å². The molecule has 3 saturated heterocycles. The summed E-state index contributed by atoms with van der Waals surface area (Å²) in [6.07, 6.45) is -1.19. The molecular formula is C22H18N2O5. The number of methoxy groups -OCH3 is 1. The van der Waals surface area contributed by atoms with Crippen LogP contribution in [0, 0.1) is 17.8 Å². The fourth-order valence-corrected chi connectivity index (χ4v) is 5.19. The third kappa shape index (κ3) is 2.13. The lowest BCUT2D eigenvalue weighted by Gasteiger charge is -2.26. The second-order valence-electron chi connectivity index (χ2n) is 7.77. The molecular weight excluding hydrogens is 372 g/mol. The molecule has 29 heavy (non-hydrogen) atoms. The maximum absolute atomic E-state index is 13.3. The smallest absolute Gasteiger partial charge is 0.240 e. The number of benzene rings is 2. The van der Waals surface area contributed by atoms with Crippen LogP contribution in [0.25, 0.3) is 0 Å². The van der Waals surface area contributed by atoms with Gasteiger partial charge < -0.3 is 14.3 Å². The molecule has 4 aliphatic heterocycles. The molecule has 0 spiro atoms. The molecule has 0 radical (unpaired) electrons. The summed E-state index contributed by atoms with van der Waals surface area (Å²) in [6.45, 7) is 0. The molecule has 7 nitrogen and oxygen atoms in total. The number of hydrogen-bond donors (Lipinski definition) is 0. The summed E-state index contributed by atoms with van der Waals surface area (Å²) in [6, 6.07) is 16.7. The van der Waals surface area contributed by atoms with E-state index in [-0.39, 0.29) is 23.8 Å². The van der Waals surface area contributed by atoms with Crippen LogP contribution in [0.1, 0.15) is 5.56 Å². The molecule has 4 aliphatic rings. The van der Waals surface area contributed by atoms with E-state index in [2.05, 4.69) is 5.16 Å². The number of imide groups is 1. The van der Waals surface area contributed by atoms with Crippen molar-refractivity contribution in [3.63, 3.8) is 0 Å². The van der Waals surface area contributed by atoms with Gasteiger partial charge in [-0.15, -0.1) is 0 Å². The molecule has 0 saturated carbocycles. The van der Waals surface area contributed by atoms with E-state index in [1.807, 2.05) is 30.3 Å². The van der Waals surface area contributed by atoms with Gasteiger partial charge in [-0.1, -0.05) is 35.5 Å². The van der Waals surface area contributed by atoms with E-state index in [1.54, 1.807) is 31.4 Å². The highest BCUT2D eigenvalue weighted by Gasteiger charge is 2.72. The summed E-state index contributed by atoms with van der Waals surface area (Å²) >= 11 is 0. The topological polar surface area (TPSA) is 77.4 Å². The van der Waals surface area contributed by atoms with E-state index in [9.17, 15) is 9.59 Å². The van der Waals surface area contributed by atoms with Gasteiger partial charge in [0.15, 0.2) is 6.10 Å². The van der Waals surface area contributed by atoms with Crippen LogP contribution in [-0.2, 0) is 19.2 Å². The molecule has 4 heterocycles. The zero-order valence-corrected chi connectivity index (χ0v) is 15.6. The van der Waals surface area contributed by atoms with Crippen molar-refractivity contribution in [2.75, 3.05) is 12.0 Å². The number of amides is 2. The van der Waals surface area contributed by atoms with Crippen molar-refractivity contribution in [3.8, 4) is 5.75 Å². The third-order valence-corrected chi connectivity index (χ3v) is 6.44. The number of anilines is 1. The Kier molecular flexibility index (Phi) is 3.41. The molecule has 7 heteroatoms. The quantitative estimate of drug-likeness (QED) is 0.750. The van der Waals surface area contributed by atoms with Crippen molar-refractivity contribution in [3.05, 3.63) is 60.2 Å². The summed E-state index contributed by atoms with van der Waals surface area (Å²) in [5.41, 5.74) is 2.30. The van der Waals surface area contributed by atoms with Crippen molar-refractivity contribution >= 4 is 23.2 Å². The van der Waals surface area contributed by atoms with Gasteiger partial charge in [0.2, 0.25) is 11.8 Å². The Labute approximate surface area is 166 Å². The second kappa shape index (κ2) is 5.90. The minimum Gasteiger partial charge on any atom is -0.497 e. The van der Waals surface area contributed by atoms with Gasteiger partial charge in [-0.2, -0.15) is 0 Å². The lowest BCUT2D eigenvalue weighted by atomic mass is 9.71. The first-order valence-electron chi connectivity index (χ1n) is 9.65. The Hall–Kier alpha value is -3.19. The predicted octanol–water partition coefficient (Wildman–Crippen LogP) is 2.00. The predicted molar refractivity (Wildman–Crippen MR) is 102 cm³/mol. The molecule has 6 atom stereocenters. The van der Waals surface area contributed by atoms with E-state index >= 15 is 0 Å². The maximum atomic E-state index is 13.3. The molecule has 3 fully saturated rings. The van der Waals surface area contributed by atoms with Crippen LogP contribution < -0.4 is 9.64 Å². The molecule has 0 unspecified atom stereocenters. The van der Waals surface area contributed by atoms with Crippen LogP contribution in [0.2, 0.25) is 0 Å². The van der Waals surface area contributed by atoms with Crippen molar-refractivity contribution in [2.24, 2.45) is 22.9 Å². The van der Waals surface area contributed by atoms with Crippen LogP contribution >= 0.6 is 0 Å². The van der Waals surface area contributed by atoms with E-state index in [0.717, 1.165) is 11.3 Å². The Morgan fingerprint density at radius 1 is 0.862 bits per heavy atom. The SMILES string of the molecule is COc1ccc(N2C(=O)[C@@H]3[C@@H]4O[C@@H]([C@H]5C(c6ccccc6)=NO[C@@H]45)[C@@H]3C2=O)cc1. The number of oxime groups is 1. The summed E-state index contributed by atoms with van der Waals surface area (Å²) in [5, 5.41) is 4.29. The van der Waals surface area contributed by atoms with E-state index in [4.69, 9.17) is 14.3 Å². The number of carbonyl (C=O) groups is 2. The van der Waals surface area contributed by atoms with Crippen molar-refractivity contribution < 1.29 is 23.9 Å². The van der Waals surface area contributed by atoms with Crippen molar-refractivity contribution in [1.29, 1.82) is 0 Å². The highest BCUT2D eigenvalue weighted by Crippen LogP contribution is 2.55. The average molecular weight is 390 g/mol. The fraction of sp³-hybridized carbons (Fsp3) is 0.318. The minimum atomic E-state index is -0.527. The molecule has 2 aromatic rings. The van der Waals surface area contributed by atoms with Gasteiger partial charge in [0.1, 0.15) is 11.9 Å². The molecule has 2 bridgehead atoms. The summed E-state index contributed by atoms with van der Waals surface area (Å²) < 4.78 is 11.3. The van der Waals surface area contributed by atoms with E-state index in [1.165, 1.54) is 4.90 Å². The first-order chi connectivity index (χ1) is 14.2. The molecule has 0 aliphatic carbocycles. The normalized spacial score (nSPS) is 34.1.